The lowest BCUT2D eigenvalue weighted by Crippen LogP contribution is -2.03. The molecule has 2 aromatic rings. The van der Waals surface area contributed by atoms with Crippen molar-refractivity contribution in [1.82, 2.24) is 9.97 Å². The summed E-state index contributed by atoms with van der Waals surface area (Å²) < 4.78 is 0. The van der Waals surface area contributed by atoms with E-state index in [0.717, 1.165) is 24.2 Å². The molecule has 1 fully saturated rings. The monoisotopic (exact) mass is 340 g/mol. The van der Waals surface area contributed by atoms with Crippen LogP contribution in [0.5, 0.6) is 0 Å². The maximum Gasteiger partial charge on any atom is 0.142 e. The number of hydrogen-bond donors (Lipinski definition) is 0. The molecule has 1 saturated carbocycles. The van der Waals surface area contributed by atoms with Crippen molar-refractivity contribution in [2.45, 2.75) is 32.1 Å². The summed E-state index contributed by atoms with van der Waals surface area (Å²) in [5, 5.41) is 1.34. The van der Waals surface area contributed by atoms with Crippen LogP contribution in [0.15, 0.2) is 24.3 Å². The predicted molar refractivity (Wildman–Crippen MR) is 88.3 cm³/mol. The van der Waals surface area contributed by atoms with E-state index in [2.05, 4.69) is 16.9 Å². The molecule has 0 saturated heterocycles. The van der Waals surface area contributed by atoms with Gasteiger partial charge in [-0.15, -0.1) is 0 Å². The van der Waals surface area contributed by atoms with Gasteiger partial charge in [0.1, 0.15) is 16.1 Å². The molecule has 5 heteroatoms. The molecule has 2 atom stereocenters. The summed E-state index contributed by atoms with van der Waals surface area (Å²) in [4.78, 5) is 8.96. The second-order valence-corrected chi connectivity index (χ2v) is 6.76. The first kappa shape index (κ1) is 15.1. The van der Waals surface area contributed by atoms with Crippen LogP contribution in [0.4, 0.5) is 0 Å². The van der Waals surface area contributed by atoms with E-state index in [1.54, 1.807) is 6.07 Å². The topological polar surface area (TPSA) is 25.8 Å². The number of rotatable bonds is 2. The molecule has 2 nitrogen and oxygen atoms in total. The Balaban J connectivity index is 2.03. The van der Waals surface area contributed by atoms with Crippen LogP contribution in [-0.2, 0) is 0 Å². The Morgan fingerprint density at radius 1 is 1.00 bits per heavy atom. The van der Waals surface area contributed by atoms with E-state index in [-0.39, 0.29) is 0 Å². The molecular weight excluding hydrogens is 327 g/mol. The van der Waals surface area contributed by atoms with Gasteiger partial charge in [-0.2, -0.15) is 0 Å². The molecule has 0 amide bonds. The molecule has 1 aliphatic carbocycles. The molecule has 1 aromatic heterocycles. The Bertz CT molecular complexity index is 649. The molecule has 21 heavy (non-hydrogen) atoms. The number of nitrogens with zero attached hydrogens (tertiary/aromatic N) is 2. The van der Waals surface area contributed by atoms with Gasteiger partial charge in [-0.3, -0.25) is 0 Å². The van der Waals surface area contributed by atoms with E-state index in [0.29, 0.717) is 32.7 Å². The standard InChI is InChI=1S/C16H15Cl3N2/c1-9-6-7-10(8-9)16-20-14(18)13(15(19)21-16)11-4-2-3-5-12(11)17/h2-5,9-10H,6-8H2,1H3. The first-order chi connectivity index (χ1) is 10.1. The predicted octanol–water partition coefficient (Wildman–Crippen LogP) is 6.01. The molecule has 0 N–H and O–H groups in total. The van der Waals surface area contributed by atoms with Gasteiger partial charge < -0.3 is 0 Å². The summed E-state index contributed by atoms with van der Waals surface area (Å²) >= 11 is 18.9. The quantitative estimate of drug-likeness (QED) is 0.625. The van der Waals surface area contributed by atoms with E-state index < -0.39 is 0 Å². The van der Waals surface area contributed by atoms with Gasteiger partial charge in [-0.25, -0.2) is 9.97 Å². The van der Waals surface area contributed by atoms with Crippen LogP contribution in [0.1, 0.15) is 37.9 Å². The third-order valence-corrected chi connectivity index (χ3v) is 4.92. The van der Waals surface area contributed by atoms with Crippen molar-refractivity contribution in [2.75, 3.05) is 0 Å². The highest BCUT2D eigenvalue weighted by Gasteiger charge is 2.27. The van der Waals surface area contributed by atoms with Crippen LogP contribution >= 0.6 is 34.8 Å². The van der Waals surface area contributed by atoms with Crippen molar-refractivity contribution in [1.29, 1.82) is 0 Å². The van der Waals surface area contributed by atoms with Crippen LogP contribution in [-0.4, -0.2) is 9.97 Å². The summed E-state index contributed by atoms with van der Waals surface area (Å²) in [6.07, 6.45) is 3.40. The van der Waals surface area contributed by atoms with Gasteiger partial charge in [-0.05, 0) is 31.2 Å². The van der Waals surface area contributed by atoms with Crippen LogP contribution in [0.2, 0.25) is 15.3 Å². The van der Waals surface area contributed by atoms with Gasteiger partial charge in [-0.1, -0.05) is 59.9 Å². The van der Waals surface area contributed by atoms with Crippen molar-refractivity contribution in [3.05, 3.63) is 45.4 Å². The van der Waals surface area contributed by atoms with Crippen molar-refractivity contribution >= 4 is 34.8 Å². The van der Waals surface area contributed by atoms with E-state index in [4.69, 9.17) is 34.8 Å². The molecule has 1 heterocycles. The summed E-state index contributed by atoms with van der Waals surface area (Å²) in [7, 11) is 0. The molecular formula is C16H15Cl3N2. The Morgan fingerprint density at radius 3 is 2.24 bits per heavy atom. The lowest BCUT2D eigenvalue weighted by molar-refractivity contribution is 0.585. The van der Waals surface area contributed by atoms with Crippen LogP contribution < -0.4 is 0 Å². The third kappa shape index (κ3) is 3.03. The fourth-order valence-electron chi connectivity index (χ4n) is 2.93. The Morgan fingerprint density at radius 2 is 1.67 bits per heavy atom. The summed E-state index contributed by atoms with van der Waals surface area (Å²) in [5.74, 6) is 1.82. The number of benzene rings is 1. The molecule has 1 aliphatic rings. The van der Waals surface area contributed by atoms with E-state index in [1.807, 2.05) is 18.2 Å². The first-order valence-corrected chi connectivity index (χ1v) is 8.17. The highest BCUT2D eigenvalue weighted by Crippen LogP contribution is 2.41. The van der Waals surface area contributed by atoms with Crippen LogP contribution in [0.3, 0.4) is 0 Å². The normalized spacial score (nSPS) is 21.7. The number of halogens is 3. The maximum atomic E-state index is 6.36. The molecule has 0 aliphatic heterocycles. The number of aromatic nitrogens is 2. The summed E-state index contributed by atoms with van der Waals surface area (Å²) in [5.41, 5.74) is 1.37. The van der Waals surface area contributed by atoms with E-state index in [1.165, 1.54) is 6.42 Å². The minimum absolute atomic E-state index is 0.357. The van der Waals surface area contributed by atoms with Crippen molar-refractivity contribution in [3.8, 4) is 11.1 Å². The minimum Gasteiger partial charge on any atom is -0.220 e. The summed E-state index contributed by atoms with van der Waals surface area (Å²) in [6, 6.07) is 7.43. The highest BCUT2D eigenvalue weighted by atomic mass is 35.5. The van der Waals surface area contributed by atoms with Gasteiger partial charge in [0.2, 0.25) is 0 Å². The van der Waals surface area contributed by atoms with Gasteiger partial charge in [0.15, 0.2) is 0 Å². The smallest absolute Gasteiger partial charge is 0.142 e. The SMILES string of the molecule is CC1CCC(c2nc(Cl)c(-c3ccccc3Cl)c(Cl)n2)C1. The Hall–Kier alpha value is -0.830. The molecule has 3 rings (SSSR count). The fraction of sp³-hybridized carbons (Fsp3) is 0.375. The fourth-order valence-corrected chi connectivity index (χ4v) is 3.77. The zero-order valence-corrected chi connectivity index (χ0v) is 13.9. The van der Waals surface area contributed by atoms with Gasteiger partial charge in [0, 0.05) is 16.5 Å². The average molecular weight is 342 g/mol. The lowest BCUT2D eigenvalue weighted by Gasteiger charge is -2.13. The van der Waals surface area contributed by atoms with Crippen molar-refractivity contribution in [2.24, 2.45) is 5.92 Å². The second kappa shape index (κ2) is 6.12. The van der Waals surface area contributed by atoms with E-state index in [9.17, 15) is 0 Å². The zero-order valence-electron chi connectivity index (χ0n) is 11.6. The van der Waals surface area contributed by atoms with Gasteiger partial charge in [0.05, 0.1) is 5.56 Å². The Kier molecular flexibility index (Phi) is 4.39. The molecule has 0 radical (unpaired) electrons. The minimum atomic E-state index is 0.357. The van der Waals surface area contributed by atoms with Gasteiger partial charge in [0.25, 0.3) is 0 Å². The molecule has 0 spiro atoms. The molecule has 0 bridgehead atoms. The lowest BCUT2D eigenvalue weighted by atomic mass is 10.0. The second-order valence-electron chi connectivity index (χ2n) is 5.63. The average Bonchev–Trinajstić information content (AvgIpc) is 2.87. The first-order valence-electron chi connectivity index (χ1n) is 7.04. The molecule has 2 unspecified atom stereocenters. The molecule has 1 aromatic carbocycles. The van der Waals surface area contributed by atoms with Crippen LogP contribution in [0.25, 0.3) is 11.1 Å². The van der Waals surface area contributed by atoms with Crippen molar-refractivity contribution in [3.63, 3.8) is 0 Å². The van der Waals surface area contributed by atoms with Gasteiger partial charge >= 0.3 is 0 Å². The molecule has 110 valence electrons. The van der Waals surface area contributed by atoms with Crippen molar-refractivity contribution < 1.29 is 0 Å². The van der Waals surface area contributed by atoms with Crippen LogP contribution in [0, 0.1) is 5.92 Å². The zero-order chi connectivity index (χ0) is 15.0. The third-order valence-electron chi connectivity index (χ3n) is 4.04. The summed E-state index contributed by atoms with van der Waals surface area (Å²) in [6.45, 7) is 2.25. The van der Waals surface area contributed by atoms with E-state index >= 15 is 0 Å². The highest BCUT2D eigenvalue weighted by molar-refractivity contribution is 6.40. The maximum absolute atomic E-state index is 6.36. The largest absolute Gasteiger partial charge is 0.220 e. The number of hydrogen-bond acceptors (Lipinski definition) is 2. The Labute approximate surface area is 139 Å².